The Morgan fingerprint density at radius 3 is 2.10 bits per heavy atom. The summed E-state index contributed by atoms with van der Waals surface area (Å²) >= 11 is 0. The van der Waals surface area contributed by atoms with E-state index in [1.807, 2.05) is 61.5 Å². The number of ether oxygens (including phenoxy) is 2. The summed E-state index contributed by atoms with van der Waals surface area (Å²) in [5.41, 5.74) is 5.43. The van der Waals surface area contributed by atoms with Gasteiger partial charge in [0.05, 0.1) is 12.7 Å². The molecule has 1 unspecified atom stereocenters. The van der Waals surface area contributed by atoms with E-state index < -0.39 is 36.2 Å². The number of carboxylic acids is 1. The molecule has 8 nitrogen and oxygen atoms in total. The summed E-state index contributed by atoms with van der Waals surface area (Å²) in [5.74, 6) is -1.74. The molecule has 1 aliphatic rings. The molecule has 0 aromatic heterocycles. The van der Waals surface area contributed by atoms with Gasteiger partial charge in [0.25, 0.3) is 0 Å². The fraction of sp³-hybridized carbons (Fsp3) is 0.364. The Morgan fingerprint density at radius 1 is 0.878 bits per heavy atom. The maximum atomic E-state index is 12.9. The van der Waals surface area contributed by atoms with Gasteiger partial charge in [0, 0.05) is 18.4 Å². The molecule has 0 fully saturated rings. The molecular weight excluding hydrogens is 520 g/mol. The Hall–Kier alpha value is -4.17. The fourth-order valence-corrected chi connectivity index (χ4v) is 5.22. The first-order chi connectivity index (χ1) is 19.9. The molecule has 3 aromatic rings. The van der Waals surface area contributed by atoms with Gasteiger partial charge < -0.3 is 25.2 Å². The molecule has 216 valence electrons. The van der Waals surface area contributed by atoms with Gasteiger partial charge in [-0.2, -0.15) is 0 Å². The van der Waals surface area contributed by atoms with Gasteiger partial charge >= 0.3 is 12.1 Å². The summed E-state index contributed by atoms with van der Waals surface area (Å²) < 4.78 is 11.4. The Labute approximate surface area is 241 Å². The highest BCUT2D eigenvalue weighted by molar-refractivity contribution is 5.84. The SMILES string of the molecule is CCCCC(CC(=O)N[C@H](C(=O)O)[C@@H](C)OCc1ccccc1)NC(=O)OCC1c2ccccc2-c2ccccc21. The van der Waals surface area contributed by atoms with Crippen LogP contribution in [0.1, 0.15) is 62.1 Å². The zero-order valence-corrected chi connectivity index (χ0v) is 23.5. The quantitative estimate of drug-likeness (QED) is 0.236. The number of nitrogens with one attached hydrogen (secondary N) is 2. The number of carbonyl (C=O) groups excluding carboxylic acids is 2. The zero-order valence-electron chi connectivity index (χ0n) is 23.5. The lowest BCUT2D eigenvalue weighted by Gasteiger charge is -2.24. The van der Waals surface area contributed by atoms with Gasteiger partial charge in [-0.25, -0.2) is 9.59 Å². The molecule has 1 aliphatic carbocycles. The van der Waals surface area contributed by atoms with Crippen LogP contribution >= 0.6 is 0 Å². The van der Waals surface area contributed by atoms with Crippen LogP contribution in [0.2, 0.25) is 0 Å². The lowest BCUT2D eigenvalue weighted by atomic mass is 9.98. The molecular formula is C33H38N2O6. The van der Waals surface area contributed by atoms with Crippen molar-refractivity contribution in [2.75, 3.05) is 6.61 Å². The molecule has 0 radical (unpaired) electrons. The van der Waals surface area contributed by atoms with Gasteiger partial charge in [-0.3, -0.25) is 4.79 Å². The van der Waals surface area contributed by atoms with Crippen molar-refractivity contribution in [2.24, 2.45) is 0 Å². The molecule has 0 spiro atoms. The van der Waals surface area contributed by atoms with E-state index in [2.05, 4.69) is 34.9 Å². The van der Waals surface area contributed by atoms with Crippen LogP contribution in [0.3, 0.4) is 0 Å². The van der Waals surface area contributed by atoms with E-state index in [1.54, 1.807) is 6.92 Å². The first-order valence-electron chi connectivity index (χ1n) is 14.2. The third-order valence-electron chi connectivity index (χ3n) is 7.41. The minimum Gasteiger partial charge on any atom is -0.480 e. The first-order valence-corrected chi connectivity index (χ1v) is 14.2. The van der Waals surface area contributed by atoms with Crippen LogP contribution in [-0.4, -0.2) is 47.9 Å². The van der Waals surface area contributed by atoms with Crippen LogP contribution in [0.15, 0.2) is 78.9 Å². The number of hydrogen-bond acceptors (Lipinski definition) is 5. The number of benzene rings is 3. The average molecular weight is 559 g/mol. The molecule has 3 atom stereocenters. The third-order valence-corrected chi connectivity index (χ3v) is 7.41. The van der Waals surface area contributed by atoms with Crippen LogP contribution in [0.4, 0.5) is 4.79 Å². The molecule has 8 heteroatoms. The van der Waals surface area contributed by atoms with Gasteiger partial charge in [0.1, 0.15) is 6.61 Å². The van der Waals surface area contributed by atoms with Crippen LogP contribution in [-0.2, 0) is 25.7 Å². The van der Waals surface area contributed by atoms with E-state index in [0.717, 1.165) is 40.7 Å². The zero-order chi connectivity index (χ0) is 29.2. The normalized spacial score (nSPS) is 14.3. The highest BCUT2D eigenvalue weighted by Crippen LogP contribution is 2.44. The summed E-state index contributed by atoms with van der Waals surface area (Å²) in [4.78, 5) is 37.7. The summed E-state index contributed by atoms with van der Waals surface area (Å²) in [6, 6.07) is 23.9. The monoisotopic (exact) mass is 558 g/mol. The predicted molar refractivity (Wildman–Crippen MR) is 156 cm³/mol. The minimum atomic E-state index is -1.23. The highest BCUT2D eigenvalue weighted by atomic mass is 16.5. The molecule has 0 heterocycles. The van der Waals surface area contributed by atoms with Crippen LogP contribution in [0.25, 0.3) is 11.1 Å². The van der Waals surface area contributed by atoms with Gasteiger partial charge in [-0.05, 0) is 41.2 Å². The molecule has 3 aromatic carbocycles. The lowest BCUT2D eigenvalue weighted by molar-refractivity contribution is -0.146. The number of carbonyl (C=O) groups is 3. The van der Waals surface area contributed by atoms with Gasteiger partial charge in [-0.15, -0.1) is 0 Å². The van der Waals surface area contributed by atoms with Crippen molar-refractivity contribution in [1.29, 1.82) is 0 Å². The minimum absolute atomic E-state index is 0.0701. The fourth-order valence-electron chi connectivity index (χ4n) is 5.22. The number of aliphatic carboxylic acids is 1. The van der Waals surface area contributed by atoms with E-state index in [-0.39, 0.29) is 25.6 Å². The number of carboxylic acid groups (broad SMARTS) is 1. The van der Waals surface area contributed by atoms with Gasteiger partial charge in [0.2, 0.25) is 5.91 Å². The van der Waals surface area contributed by atoms with Gasteiger partial charge in [-0.1, -0.05) is 98.6 Å². The molecule has 0 saturated heterocycles. The van der Waals surface area contributed by atoms with E-state index in [0.29, 0.717) is 6.42 Å². The Bertz CT molecular complexity index is 1280. The Morgan fingerprint density at radius 2 is 1.49 bits per heavy atom. The number of unbranched alkanes of at least 4 members (excludes halogenated alkanes) is 1. The van der Waals surface area contributed by atoms with E-state index in [4.69, 9.17) is 9.47 Å². The lowest BCUT2D eigenvalue weighted by Crippen LogP contribution is -2.50. The second-order valence-electron chi connectivity index (χ2n) is 10.4. The molecule has 0 aliphatic heterocycles. The second kappa shape index (κ2) is 14.5. The van der Waals surface area contributed by atoms with Crippen molar-refractivity contribution in [2.45, 2.75) is 70.2 Å². The smallest absolute Gasteiger partial charge is 0.407 e. The van der Waals surface area contributed by atoms with Crippen LogP contribution in [0, 0.1) is 0 Å². The molecule has 0 bridgehead atoms. The average Bonchev–Trinajstić information content (AvgIpc) is 3.30. The van der Waals surface area contributed by atoms with E-state index in [1.165, 1.54) is 0 Å². The Kier molecular flexibility index (Phi) is 10.5. The molecule has 2 amide bonds. The van der Waals surface area contributed by atoms with E-state index in [9.17, 15) is 19.5 Å². The largest absolute Gasteiger partial charge is 0.480 e. The highest BCUT2D eigenvalue weighted by Gasteiger charge is 2.30. The van der Waals surface area contributed by atoms with Crippen molar-refractivity contribution in [3.05, 3.63) is 95.6 Å². The Balaban J connectivity index is 1.32. The van der Waals surface area contributed by atoms with Crippen LogP contribution < -0.4 is 10.6 Å². The molecule has 0 saturated carbocycles. The summed E-state index contributed by atoms with van der Waals surface area (Å²) in [7, 11) is 0. The predicted octanol–water partition coefficient (Wildman–Crippen LogP) is 5.65. The third kappa shape index (κ3) is 7.95. The van der Waals surface area contributed by atoms with Crippen molar-refractivity contribution < 1.29 is 29.0 Å². The van der Waals surface area contributed by atoms with Crippen LogP contribution in [0.5, 0.6) is 0 Å². The second-order valence-corrected chi connectivity index (χ2v) is 10.4. The number of amides is 2. The topological polar surface area (TPSA) is 114 Å². The number of alkyl carbamates (subject to hydrolysis) is 1. The summed E-state index contributed by atoms with van der Waals surface area (Å²) in [5, 5.41) is 15.1. The summed E-state index contributed by atoms with van der Waals surface area (Å²) in [6.07, 6.45) is 0.800. The number of hydrogen-bond donors (Lipinski definition) is 3. The van der Waals surface area contributed by atoms with Crippen molar-refractivity contribution >= 4 is 18.0 Å². The summed E-state index contributed by atoms with van der Waals surface area (Å²) in [6.45, 7) is 4.04. The van der Waals surface area contributed by atoms with E-state index >= 15 is 0 Å². The van der Waals surface area contributed by atoms with Crippen molar-refractivity contribution in [3.8, 4) is 11.1 Å². The molecule has 41 heavy (non-hydrogen) atoms. The van der Waals surface area contributed by atoms with Gasteiger partial charge in [0.15, 0.2) is 6.04 Å². The molecule has 3 N–H and O–H groups in total. The standard InChI is InChI=1S/C33H38N2O6/c1-3-4-14-24(19-30(36)35-31(32(37)38)22(2)40-20-23-12-6-5-7-13-23)34-33(39)41-21-29-27-17-10-8-15-25(27)26-16-9-11-18-28(26)29/h5-13,15-18,22,24,29,31H,3-4,14,19-21H2,1-2H3,(H,34,39)(H,35,36)(H,37,38)/t22-,24?,31+/m1/s1. The molecule has 4 rings (SSSR count). The first kappa shape index (κ1) is 29.8. The maximum Gasteiger partial charge on any atom is 0.407 e. The van der Waals surface area contributed by atoms with Crippen molar-refractivity contribution in [3.63, 3.8) is 0 Å². The van der Waals surface area contributed by atoms with Crippen molar-refractivity contribution in [1.82, 2.24) is 10.6 Å². The number of rotatable bonds is 14. The number of fused-ring (bicyclic) bond motifs is 3. The maximum absolute atomic E-state index is 12.9.